The van der Waals surface area contributed by atoms with E-state index in [9.17, 15) is 4.79 Å². The van der Waals surface area contributed by atoms with E-state index in [1.165, 1.54) is 5.56 Å². The smallest absolute Gasteiger partial charge is 0.305 e. The van der Waals surface area contributed by atoms with E-state index < -0.39 is 5.97 Å². The minimum atomic E-state index is -0.780. The van der Waals surface area contributed by atoms with Gasteiger partial charge in [-0.1, -0.05) is 31.2 Å². The summed E-state index contributed by atoms with van der Waals surface area (Å²) < 4.78 is 0. The van der Waals surface area contributed by atoms with Crippen LogP contribution in [0.25, 0.3) is 11.3 Å². The number of rotatable bonds is 7. The summed E-state index contributed by atoms with van der Waals surface area (Å²) in [5, 5.41) is 11.8. The highest BCUT2D eigenvalue weighted by Gasteiger charge is 2.16. The molecule has 0 bridgehead atoms. The van der Waals surface area contributed by atoms with Crippen molar-refractivity contribution in [3.05, 3.63) is 35.2 Å². The van der Waals surface area contributed by atoms with Crippen LogP contribution in [0.1, 0.15) is 32.8 Å². The van der Waals surface area contributed by atoms with Crippen molar-refractivity contribution in [2.75, 3.05) is 11.4 Å². The Morgan fingerprint density at radius 1 is 1.32 bits per heavy atom. The summed E-state index contributed by atoms with van der Waals surface area (Å²) in [6, 6.07) is 8.65. The fourth-order valence-corrected chi connectivity index (χ4v) is 3.23. The molecule has 0 aliphatic carbocycles. The van der Waals surface area contributed by atoms with E-state index in [-0.39, 0.29) is 12.5 Å². The van der Waals surface area contributed by atoms with Gasteiger partial charge in [-0.15, -0.1) is 11.3 Å². The molecule has 0 saturated carbocycles. The van der Waals surface area contributed by atoms with Crippen molar-refractivity contribution < 1.29 is 9.90 Å². The average molecular weight is 318 g/mol. The Morgan fingerprint density at radius 3 is 2.55 bits per heavy atom. The van der Waals surface area contributed by atoms with Gasteiger partial charge in [-0.3, -0.25) is 4.79 Å². The predicted octanol–water partition coefficient (Wildman–Crippen LogP) is 4.06. The van der Waals surface area contributed by atoms with Crippen LogP contribution in [0.15, 0.2) is 29.6 Å². The van der Waals surface area contributed by atoms with Crippen LogP contribution in [-0.2, 0) is 11.2 Å². The lowest BCUT2D eigenvalue weighted by Crippen LogP contribution is -2.32. The molecule has 2 aromatic rings. The maximum absolute atomic E-state index is 10.8. The van der Waals surface area contributed by atoms with Gasteiger partial charge in [-0.05, 0) is 25.8 Å². The van der Waals surface area contributed by atoms with Crippen molar-refractivity contribution in [1.82, 2.24) is 4.98 Å². The van der Waals surface area contributed by atoms with Gasteiger partial charge in [0, 0.05) is 23.5 Å². The molecule has 0 aliphatic heterocycles. The Hall–Kier alpha value is -1.88. The molecule has 118 valence electrons. The number of carboxylic acid groups (broad SMARTS) is 1. The van der Waals surface area contributed by atoms with Gasteiger partial charge in [-0.2, -0.15) is 0 Å². The first-order chi connectivity index (χ1) is 10.5. The molecule has 0 aliphatic rings. The molecule has 0 fully saturated rings. The Bertz CT molecular complexity index is 620. The van der Waals surface area contributed by atoms with Crippen molar-refractivity contribution in [2.24, 2.45) is 0 Å². The van der Waals surface area contributed by atoms with Crippen LogP contribution < -0.4 is 4.90 Å². The number of aliphatic carboxylic acids is 1. The molecule has 4 nitrogen and oxygen atoms in total. The largest absolute Gasteiger partial charge is 0.481 e. The van der Waals surface area contributed by atoms with Crippen molar-refractivity contribution >= 4 is 22.4 Å². The highest BCUT2D eigenvalue weighted by molar-refractivity contribution is 7.14. The standard InChI is InChI=1S/C17H22N2O2S/c1-4-13-5-7-14(8-6-13)15-11-22-17(18-15)19(12(2)3)10-9-16(20)21/h5-8,11-12H,4,9-10H2,1-3H3,(H,20,21). The normalized spacial score (nSPS) is 10.9. The second-order valence-electron chi connectivity index (χ2n) is 5.50. The summed E-state index contributed by atoms with van der Waals surface area (Å²) in [5.41, 5.74) is 3.36. The zero-order chi connectivity index (χ0) is 16.1. The summed E-state index contributed by atoms with van der Waals surface area (Å²) in [5.74, 6) is -0.780. The molecule has 1 heterocycles. The van der Waals surface area contributed by atoms with E-state index in [0.29, 0.717) is 6.54 Å². The number of thiazole rings is 1. The van der Waals surface area contributed by atoms with Crippen LogP contribution >= 0.6 is 11.3 Å². The van der Waals surface area contributed by atoms with E-state index >= 15 is 0 Å². The van der Waals surface area contributed by atoms with Crippen LogP contribution in [-0.4, -0.2) is 28.6 Å². The Kier molecular flexibility index (Phi) is 5.55. The summed E-state index contributed by atoms with van der Waals surface area (Å²) in [4.78, 5) is 17.5. The van der Waals surface area contributed by atoms with E-state index in [4.69, 9.17) is 5.11 Å². The van der Waals surface area contributed by atoms with Gasteiger partial charge in [0.2, 0.25) is 0 Å². The second kappa shape index (κ2) is 7.40. The van der Waals surface area contributed by atoms with E-state index in [2.05, 4.69) is 50.0 Å². The second-order valence-corrected chi connectivity index (χ2v) is 6.33. The molecule has 0 saturated heterocycles. The number of hydrogen-bond donors (Lipinski definition) is 1. The Balaban J connectivity index is 2.18. The molecule has 1 aromatic heterocycles. The first-order valence-corrected chi connectivity index (χ1v) is 8.42. The molecular weight excluding hydrogens is 296 g/mol. The number of carbonyl (C=O) groups is 1. The number of aryl methyl sites for hydroxylation is 1. The van der Waals surface area contributed by atoms with E-state index in [1.54, 1.807) is 11.3 Å². The van der Waals surface area contributed by atoms with Crippen LogP contribution in [0.2, 0.25) is 0 Å². The third-order valence-corrected chi connectivity index (χ3v) is 4.46. The van der Waals surface area contributed by atoms with Crippen LogP contribution in [0.3, 0.4) is 0 Å². The fourth-order valence-electron chi connectivity index (χ4n) is 2.23. The van der Waals surface area contributed by atoms with Gasteiger partial charge in [0.25, 0.3) is 0 Å². The topological polar surface area (TPSA) is 53.4 Å². The lowest BCUT2D eigenvalue weighted by molar-refractivity contribution is -0.136. The lowest BCUT2D eigenvalue weighted by atomic mass is 10.1. The van der Waals surface area contributed by atoms with Crippen molar-refractivity contribution in [1.29, 1.82) is 0 Å². The SMILES string of the molecule is CCc1ccc(-c2csc(N(CCC(=O)O)C(C)C)n2)cc1. The molecule has 22 heavy (non-hydrogen) atoms. The summed E-state index contributed by atoms with van der Waals surface area (Å²) >= 11 is 1.56. The first-order valence-electron chi connectivity index (χ1n) is 7.54. The van der Waals surface area contributed by atoms with E-state index in [1.807, 2.05) is 10.3 Å². The molecule has 0 atom stereocenters. The molecule has 0 unspecified atom stereocenters. The van der Waals surface area contributed by atoms with Gasteiger partial charge < -0.3 is 10.0 Å². The molecular formula is C17H22N2O2S. The number of benzene rings is 1. The number of nitrogens with zero attached hydrogens (tertiary/aromatic N) is 2. The van der Waals surface area contributed by atoms with Gasteiger partial charge in [-0.25, -0.2) is 4.98 Å². The summed E-state index contributed by atoms with van der Waals surface area (Å²) in [6.07, 6.45) is 1.15. The molecule has 0 amide bonds. The number of aromatic nitrogens is 1. The van der Waals surface area contributed by atoms with Gasteiger partial charge in [0.15, 0.2) is 5.13 Å². The quantitative estimate of drug-likeness (QED) is 0.836. The first kappa shape index (κ1) is 16.5. The van der Waals surface area contributed by atoms with Crippen LogP contribution in [0.5, 0.6) is 0 Å². The minimum absolute atomic E-state index is 0.123. The predicted molar refractivity (Wildman–Crippen MR) is 91.7 cm³/mol. The number of hydrogen-bond acceptors (Lipinski definition) is 4. The summed E-state index contributed by atoms with van der Waals surface area (Å²) in [6.45, 7) is 6.73. The zero-order valence-corrected chi connectivity index (χ0v) is 14.1. The molecule has 5 heteroatoms. The van der Waals surface area contributed by atoms with Gasteiger partial charge in [0.1, 0.15) is 0 Å². The zero-order valence-electron chi connectivity index (χ0n) is 13.2. The molecule has 0 spiro atoms. The van der Waals surface area contributed by atoms with Crippen LogP contribution in [0.4, 0.5) is 5.13 Å². The molecule has 0 radical (unpaired) electrons. The summed E-state index contributed by atoms with van der Waals surface area (Å²) in [7, 11) is 0. The van der Waals surface area contributed by atoms with E-state index in [0.717, 1.165) is 22.8 Å². The Morgan fingerprint density at radius 2 is 2.00 bits per heavy atom. The average Bonchev–Trinajstić information content (AvgIpc) is 2.96. The highest BCUT2D eigenvalue weighted by atomic mass is 32.1. The number of anilines is 1. The Labute approximate surface area is 135 Å². The monoisotopic (exact) mass is 318 g/mol. The number of carboxylic acids is 1. The van der Waals surface area contributed by atoms with Crippen molar-refractivity contribution in [3.63, 3.8) is 0 Å². The third-order valence-electron chi connectivity index (χ3n) is 3.59. The van der Waals surface area contributed by atoms with Crippen LogP contribution in [0, 0.1) is 0 Å². The van der Waals surface area contributed by atoms with Gasteiger partial charge >= 0.3 is 5.97 Å². The maximum Gasteiger partial charge on any atom is 0.305 e. The van der Waals surface area contributed by atoms with Crippen molar-refractivity contribution in [3.8, 4) is 11.3 Å². The lowest BCUT2D eigenvalue weighted by Gasteiger charge is -2.25. The minimum Gasteiger partial charge on any atom is -0.481 e. The van der Waals surface area contributed by atoms with Crippen molar-refractivity contribution in [2.45, 2.75) is 39.7 Å². The third kappa shape index (κ3) is 4.07. The molecule has 2 rings (SSSR count). The highest BCUT2D eigenvalue weighted by Crippen LogP contribution is 2.29. The fraction of sp³-hybridized carbons (Fsp3) is 0.412. The molecule has 1 N–H and O–H groups in total. The van der Waals surface area contributed by atoms with Gasteiger partial charge in [0.05, 0.1) is 12.1 Å². The molecule has 1 aromatic carbocycles. The maximum atomic E-state index is 10.8.